The molecule has 0 saturated heterocycles. The normalized spacial score (nSPS) is 21.4. The molecule has 0 heterocycles. The molecule has 0 radical (unpaired) electrons. The number of carbonyl (C=O) groups excluding carboxylic acids is 1. The van der Waals surface area contributed by atoms with Crippen LogP contribution in [0.2, 0.25) is 0 Å². The largest absolute Gasteiger partial charge is 0.340 e. The molecule has 0 aromatic carbocycles. The van der Waals surface area contributed by atoms with Crippen molar-refractivity contribution in [3.8, 4) is 0 Å². The highest BCUT2D eigenvalue weighted by Crippen LogP contribution is 2.47. The van der Waals surface area contributed by atoms with Gasteiger partial charge in [0.05, 0.1) is 6.16 Å². The fourth-order valence-corrected chi connectivity index (χ4v) is 3.07. The summed E-state index contributed by atoms with van der Waals surface area (Å²) in [6.45, 7) is 0. The van der Waals surface area contributed by atoms with Gasteiger partial charge in [-0.3, -0.25) is 4.79 Å². The van der Waals surface area contributed by atoms with Crippen LogP contribution < -0.4 is 0 Å². The first-order valence-corrected chi connectivity index (χ1v) is 7.56. The van der Waals surface area contributed by atoms with Gasteiger partial charge in [-0.05, 0) is 12.8 Å². The van der Waals surface area contributed by atoms with E-state index in [9.17, 15) is 13.6 Å². The van der Waals surface area contributed by atoms with Gasteiger partial charge in [0.2, 0.25) is 5.92 Å². The smallest absolute Gasteiger partial charge is 0.248 e. The Morgan fingerprint density at radius 1 is 1.35 bits per heavy atom. The van der Waals surface area contributed by atoms with Crippen LogP contribution in [-0.4, -0.2) is 38.4 Å². The van der Waals surface area contributed by atoms with Crippen LogP contribution in [-0.2, 0) is 13.8 Å². The lowest BCUT2D eigenvalue weighted by Gasteiger charge is -2.29. The summed E-state index contributed by atoms with van der Waals surface area (Å²) >= 11 is 0. The number of carbonyl (C=O) groups is 1. The number of ketones is 1. The predicted octanol–water partition coefficient (Wildman–Crippen LogP) is 2.95. The van der Waals surface area contributed by atoms with E-state index in [1.165, 1.54) is 14.2 Å². The minimum atomic E-state index is -2.60. The molecule has 1 rings (SSSR count). The first-order valence-electron chi connectivity index (χ1n) is 5.56. The molecule has 6 heteroatoms. The predicted molar refractivity (Wildman–Crippen MR) is 64.8 cm³/mol. The highest BCUT2D eigenvalue weighted by molar-refractivity contribution is 7.65. The Morgan fingerprint density at radius 2 is 1.82 bits per heavy atom. The molecule has 1 saturated carbocycles. The van der Waals surface area contributed by atoms with Gasteiger partial charge >= 0.3 is 0 Å². The van der Waals surface area contributed by atoms with Gasteiger partial charge in [0, 0.05) is 33.0 Å². The first kappa shape index (κ1) is 14.8. The number of alkyl halides is 2. The second-order valence-corrected chi connectivity index (χ2v) is 7.11. The van der Waals surface area contributed by atoms with E-state index >= 15 is 0 Å². The zero-order valence-electron chi connectivity index (χ0n) is 10.2. The quantitative estimate of drug-likeness (QED) is 0.719. The monoisotopic (exact) mass is 268 g/mol. The van der Waals surface area contributed by atoms with Gasteiger partial charge in [-0.25, -0.2) is 8.78 Å². The zero-order valence-corrected chi connectivity index (χ0v) is 11.1. The Morgan fingerprint density at radius 3 is 2.24 bits per heavy atom. The summed E-state index contributed by atoms with van der Waals surface area (Å²) in [5.41, 5.74) is 0. The van der Waals surface area contributed by atoms with Crippen molar-refractivity contribution in [2.24, 2.45) is 5.92 Å². The summed E-state index contributed by atoms with van der Waals surface area (Å²) in [6, 6.07) is 0. The molecule has 100 valence electrons. The van der Waals surface area contributed by atoms with E-state index in [4.69, 9.17) is 9.05 Å². The average Bonchev–Trinajstić information content (AvgIpc) is 2.28. The Labute approximate surface area is 101 Å². The maximum atomic E-state index is 12.9. The third-order valence-electron chi connectivity index (χ3n) is 3.23. The van der Waals surface area contributed by atoms with Crippen LogP contribution >= 0.6 is 7.34 Å². The van der Waals surface area contributed by atoms with Crippen molar-refractivity contribution in [3.05, 3.63) is 0 Å². The van der Waals surface area contributed by atoms with Crippen molar-refractivity contribution < 1.29 is 22.6 Å². The van der Waals surface area contributed by atoms with Crippen molar-refractivity contribution in [1.82, 2.24) is 0 Å². The van der Waals surface area contributed by atoms with E-state index in [-0.39, 0.29) is 43.5 Å². The molecule has 1 aliphatic rings. The Kier molecular flexibility index (Phi) is 4.87. The minimum absolute atomic E-state index is 0.0625. The topological polar surface area (TPSA) is 35.5 Å². The van der Waals surface area contributed by atoms with Crippen LogP contribution in [0, 0.1) is 5.92 Å². The summed E-state index contributed by atoms with van der Waals surface area (Å²) in [7, 11) is 0.529. The zero-order chi connectivity index (χ0) is 13.1. The van der Waals surface area contributed by atoms with Crippen LogP contribution in [0.4, 0.5) is 8.78 Å². The van der Waals surface area contributed by atoms with Gasteiger partial charge in [0.1, 0.15) is 13.1 Å². The number of halogens is 2. The van der Waals surface area contributed by atoms with Crippen LogP contribution in [0.5, 0.6) is 0 Å². The second kappa shape index (κ2) is 5.59. The van der Waals surface area contributed by atoms with Crippen molar-refractivity contribution in [2.75, 3.05) is 20.4 Å². The average molecular weight is 268 g/mol. The van der Waals surface area contributed by atoms with Crippen LogP contribution in [0.25, 0.3) is 0 Å². The van der Waals surface area contributed by atoms with Gasteiger partial charge in [0.25, 0.3) is 0 Å². The standard InChI is InChI=1S/C11H19F2O3P/c1-15-17(3,16-2)8-10(14)9-4-6-11(12,13)7-5-9/h9H,3-8H2,1-2H3. The molecule has 0 aromatic heterocycles. The number of hydrogen-bond donors (Lipinski definition) is 0. The number of Topliss-reactive ketones (excluding diaryl/α,β-unsaturated/α-hetero) is 1. The van der Waals surface area contributed by atoms with Crippen LogP contribution in [0.3, 0.4) is 0 Å². The molecular weight excluding hydrogens is 249 g/mol. The molecule has 17 heavy (non-hydrogen) atoms. The van der Waals surface area contributed by atoms with Crippen LogP contribution in [0.1, 0.15) is 25.7 Å². The second-order valence-electron chi connectivity index (χ2n) is 4.43. The summed E-state index contributed by atoms with van der Waals surface area (Å²) in [6.07, 6.45) is 3.97. The van der Waals surface area contributed by atoms with Crippen LogP contribution in [0.15, 0.2) is 0 Å². The van der Waals surface area contributed by atoms with E-state index in [0.717, 1.165) is 0 Å². The molecule has 0 bridgehead atoms. The van der Waals surface area contributed by atoms with Crippen molar-refractivity contribution in [2.45, 2.75) is 31.6 Å². The molecule has 0 aromatic rings. The number of rotatable bonds is 5. The molecule has 0 amide bonds. The molecule has 1 aliphatic carbocycles. The molecule has 0 N–H and O–H groups in total. The van der Waals surface area contributed by atoms with Gasteiger partial charge in [0.15, 0.2) is 0 Å². The lowest BCUT2D eigenvalue weighted by molar-refractivity contribution is -0.124. The lowest BCUT2D eigenvalue weighted by atomic mass is 9.84. The Hall–Kier alpha value is -0.250. The molecule has 0 spiro atoms. The van der Waals surface area contributed by atoms with Gasteiger partial charge in [-0.1, -0.05) is 6.30 Å². The fraction of sp³-hybridized carbons (Fsp3) is 0.818. The third kappa shape index (κ3) is 4.16. The minimum Gasteiger partial charge on any atom is -0.340 e. The highest BCUT2D eigenvalue weighted by Gasteiger charge is 2.38. The summed E-state index contributed by atoms with van der Waals surface area (Å²) in [5.74, 6) is -2.95. The van der Waals surface area contributed by atoms with Gasteiger partial charge in [-0.2, -0.15) is 0 Å². The van der Waals surface area contributed by atoms with E-state index in [0.29, 0.717) is 0 Å². The maximum absolute atomic E-state index is 12.9. The van der Waals surface area contributed by atoms with Gasteiger partial charge in [-0.15, -0.1) is 0 Å². The number of hydrogen-bond acceptors (Lipinski definition) is 3. The molecule has 0 unspecified atom stereocenters. The Bertz CT molecular complexity index is 313. The molecule has 3 nitrogen and oxygen atoms in total. The lowest BCUT2D eigenvalue weighted by Crippen LogP contribution is -2.30. The van der Waals surface area contributed by atoms with Crippen molar-refractivity contribution >= 4 is 19.4 Å². The van der Waals surface area contributed by atoms with E-state index < -0.39 is 13.3 Å². The highest BCUT2D eigenvalue weighted by atomic mass is 31.2. The molecular formula is C11H19F2O3P. The van der Waals surface area contributed by atoms with E-state index in [2.05, 4.69) is 6.30 Å². The van der Waals surface area contributed by atoms with E-state index in [1.54, 1.807) is 0 Å². The Balaban J connectivity index is 2.53. The summed E-state index contributed by atoms with van der Waals surface area (Å²) in [5, 5.41) is 0. The molecule has 0 aliphatic heterocycles. The summed E-state index contributed by atoms with van der Waals surface area (Å²) < 4.78 is 36.1. The fourth-order valence-electron chi connectivity index (χ4n) is 1.93. The third-order valence-corrected chi connectivity index (χ3v) is 5.36. The maximum Gasteiger partial charge on any atom is 0.248 e. The molecule has 1 fully saturated rings. The SMILES string of the molecule is C=P(CC(=O)C1CCC(F)(F)CC1)(OC)OC. The molecule has 0 atom stereocenters. The first-order chi connectivity index (χ1) is 7.82. The van der Waals surface area contributed by atoms with E-state index in [1.807, 2.05) is 0 Å². The van der Waals surface area contributed by atoms with Crippen molar-refractivity contribution in [3.63, 3.8) is 0 Å². The summed E-state index contributed by atoms with van der Waals surface area (Å²) in [4.78, 5) is 11.9. The van der Waals surface area contributed by atoms with Gasteiger partial charge < -0.3 is 9.05 Å². The van der Waals surface area contributed by atoms with Crippen molar-refractivity contribution in [1.29, 1.82) is 0 Å².